The molecule has 32 heavy (non-hydrogen) atoms. The van der Waals surface area contributed by atoms with E-state index in [-0.39, 0.29) is 17.9 Å². The Kier molecular flexibility index (Phi) is 5.04. The molecule has 2 aromatic heterocycles. The third-order valence-electron chi connectivity index (χ3n) is 6.86. The average Bonchev–Trinajstić information content (AvgIpc) is 3.15. The molecule has 2 fully saturated rings. The maximum absolute atomic E-state index is 13.3. The van der Waals surface area contributed by atoms with Gasteiger partial charge in [-0.15, -0.1) is 0 Å². The minimum Gasteiger partial charge on any atom is -0.370 e. The molecular formula is C24H28N6O2. The number of rotatable bonds is 3. The predicted molar refractivity (Wildman–Crippen MR) is 121 cm³/mol. The Morgan fingerprint density at radius 1 is 1.06 bits per heavy atom. The van der Waals surface area contributed by atoms with Gasteiger partial charge in [0.2, 0.25) is 5.91 Å². The van der Waals surface area contributed by atoms with Gasteiger partial charge in [-0.3, -0.25) is 4.79 Å². The Labute approximate surface area is 187 Å². The number of nitrogens with one attached hydrogen (secondary N) is 1. The second-order valence-corrected chi connectivity index (χ2v) is 8.87. The zero-order chi connectivity index (χ0) is 21.5. The molecule has 1 amide bonds. The topological polar surface area (TPSA) is 75.0 Å². The second kappa shape index (κ2) is 8.18. The van der Waals surface area contributed by atoms with Crippen molar-refractivity contribution in [1.29, 1.82) is 0 Å². The number of carbonyl (C=O) groups excluding carboxylic acids is 1. The quantitative estimate of drug-likeness (QED) is 0.675. The Bertz CT molecular complexity index is 1120. The van der Waals surface area contributed by atoms with E-state index in [4.69, 9.17) is 9.72 Å². The van der Waals surface area contributed by atoms with Gasteiger partial charge in [-0.05, 0) is 18.5 Å². The van der Waals surface area contributed by atoms with Gasteiger partial charge >= 0.3 is 0 Å². The lowest BCUT2D eigenvalue weighted by Crippen LogP contribution is -2.57. The number of aromatic nitrogens is 3. The Balaban J connectivity index is 1.19. The maximum atomic E-state index is 13.3. The van der Waals surface area contributed by atoms with Gasteiger partial charge in [0.25, 0.3) is 0 Å². The summed E-state index contributed by atoms with van der Waals surface area (Å²) in [5, 5.41) is 8.01. The highest BCUT2D eigenvalue weighted by atomic mass is 16.5. The van der Waals surface area contributed by atoms with Crippen molar-refractivity contribution in [3.8, 4) is 0 Å². The number of hydrogen-bond donors (Lipinski definition) is 1. The fourth-order valence-corrected chi connectivity index (χ4v) is 5.12. The molecule has 5 heterocycles. The SMILES string of the molecule is O=C(C1CN(c2c3c(nc4ccnn24)CCNCC3)C1)N1CCOC(c2ccccc2)C1. The molecule has 3 aliphatic heterocycles. The summed E-state index contributed by atoms with van der Waals surface area (Å²) >= 11 is 0. The van der Waals surface area contributed by atoms with E-state index in [2.05, 4.69) is 27.4 Å². The Morgan fingerprint density at radius 3 is 2.78 bits per heavy atom. The molecule has 0 radical (unpaired) electrons. The van der Waals surface area contributed by atoms with Crippen LogP contribution in [0.3, 0.4) is 0 Å². The van der Waals surface area contributed by atoms with Crippen molar-refractivity contribution in [3.05, 3.63) is 59.4 Å². The van der Waals surface area contributed by atoms with Gasteiger partial charge in [-0.1, -0.05) is 30.3 Å². The molecule has 0 bridgehead atoms. The molecule has 1 atom stereocenters. The van der Waals surface area contributed by atoms with Gasteiger partial charge in [-0.25, -0.2) is 4.98 Å². The number of fused-ring (bicyclic) bond motifs is 2. The van der Waals surface area contributed by atoms with Crippen LogP contribution in [0.1, 0.15) is 22.9 Å². The summed E-state index contributed by atoms with van der Waals surface area (Å²) in [4.78, 5) is 22.4. The highest BCUT2D eigenvalue weighted by molar-refractivity contribution is 5.82. The zero-order valence-electron chi connectivity index (χ0n) is 18.1. The summed E-state index contributed by atoms with van der Waals surface area (Å²) in [5.74, 6) is 1.37. The molecule has 8 heteroatoms. The monoisotopic (exact) mass is 432 g/mol. The molecule has 1 N–H and O–H groups in total. The summed E-state index contributed by atoms with van der Waals surface area (Å²) in [7, 11) is 0. The number of benzene rings is 1. The number of nitrogens with zero attached hydrogens (tertiary/aromatic N) is 5. The molecule has 0 aliphatic carbocycles. The van der Waals surface area contributed by atoms with Crippen molar-refractivity contribution in [2.24, 2.45) is 5.92 Å². The fourth-order valence-electron chi connectivity index (χ4n) is 5.12. The van der Waals surface area contributed by atoms with Gasteiger partial charge in [-0.2, -0.15) is 9.61 Å². The summed E-state index contributed by atoms with van der Waals surface area (Å²) in [6.07, 6.45) is 3.63. The van der Waals surface area contributed by atoms with Crippen LogP contribution in [0.15, 0.2) is 42.6 Å². The number of amides is 1. The smallest absolute Gasteiger partial charge is 0.229 e. The minimum absolute atomic E-state index is 0.0165. The van der Waals surface area contributed by atoms with Crippen molar-refractivity contribution in [2.45, 2.75) is 18.9 Å². The van der Waals surface area contributed by atoms with E-state index >= 15 is 0 Å². The molecule has 8 nitrogen and oxygen atoms in total. The number of morpholine rings is 1. The number of ether oxygens (including phenoxy) is 1. The van der Waals surface area contributed by atoms with Crippen LogP contribution in [-0.4, -0.2) is 71.3 Å². The van der Waals surface area contributed by atoms with E-state index in [1.54, 1.807) is 0 Å². The van der Waals surface area contributed by atoms with E-state index in [0.29, 0.717) is 19.7 Å². The largest absolute Gasteiger partial charge is 0.370 e. The van der Waals surface area contributed by atoms with Crippen molar-refractivity contribution >= 4 is 17.4 Å². The van der Waals surface area contributed by atoms with Crippen LogP contribution >= 0.6 is 0 Å². The third kappa shape index (κ3) is 3.43. The third-order valence-corrected chi connectivity index (χ3v) is 6.86. The van der Waals surface area contributed by atoms with Crippen molar-refractivity contribution in [3.63, 3.8) is 0 Å². The lowest BCUT2D eigenvalue weighted by molar-refractivity contribution is -0.144. The van der Waals surface area contributed by atoms with Crippen LogP contribution < -0.4 is 10.2 Å². The van der Waals surface area contributed by atoms with Gasteiger partial charge in [0, 0.05) is 44.2 Å². The van der Waals surface area contributed by atoms with Crippen molar-refractivity contribution in [1.82, 2.24) is 24.8 Å². The van der Waals surface area contributed by atoms with Crippen LogP contribution in [0.5, 0.6) is 0 Å². The molecule has 0 spiro atoms. The van der Waals surface area contributed by atoms with E-state index in [9.17, 15) is 4.79 Å². The van der Waals surface area contributed by atoms with Crippen LogP contribution in [0.25, 0.3) is 5.65 Å². The lowest BCUT2D eigenvalue weighted by atomic mass is 9.96. The first-order valence-corrected chi connectivity index (χ1v) is 11.5. The van der Waals surface area contributed by atoms with Crippen LogP contribution in [0.2, 0.25) is 0 Å². The van der Waals surface area contributed by atoms with Crippen molar-refractivity contribution in [2.75, 3.05) is 50.8 Å². The normalized spacial score (nSPS) is 21.8. The fraction of sp³-hybridized carbons (Fsp3) is 0.458. The van der Waals surface area contributed by atoms with E-state index < -0.39 is 0 Å². The zero-order valence-corrected chi connectivity index (χ0v) is 18.1. The summed E-state index contributed by atoms with van der Waals surface area (Å²) < 4.78 is 7.90. The maximum Gasteiger partial charge on any atom is 0.229 e. The number of anilines is 1. The molecule has 1 unspecified atom stereocenters. The van der Waals surface area contributed by atoms with Gasteiger partial charge in [0.1, 0.15) is 11.9 Å². The van der Waals surface area contributed by atoms with Gasteiger partial charge in [0.15, 0.2) is 5.65 Å². The lowest BCUT2D eigenvalue weighted by Gasteiger charge is -2.44. The number of carbonyl (C=O) groups is 1. The Morgan fingerprint density at radius 2 is 1.91 bits per heavy atom. The first-order chi connectivity index (χ1) is 15.8. The molecule has 6 rings (SSSR count). The highest BCUT2D eigenvalue weighted by Gasteiger charge is 2.39. The first kappa shape index (κ1) is 19.7. The van der Waals surface area contributed by atoms with Crippen LogP contribution in [0, 0.1) is 5.92 Å². The molecule has 1 aromatic carbocycles. The highest BCUT2D eigenvalue weighted by Crippen LogP contribution is 2.33. The van der Waals surface area contributed by atoms with E-state index in [1.165, 1.54) is 5.56 Å². The summed E-state index contributed by atoms with van der Waals surface area (Å²) in [6, 6.07) is 12.2. The molecule has 166 valence electrons. The van der Waals surface area contributed by atoms with Crippen LogP contribution in [-0.2, 0) is 22.4 Å². The van der Waals surface area contributed by atoms with Crippen molar-refractivity contribution < 1.29 is 9.53 Å². The molecule has 2 saturated heterocycles. The molecular weight excluding hydrogens is 404 g/mol. The van der Waals surface area contributed by atoms with E-state index in [0.717, 1.165) is 61.7 Å². The second-order valence-electron chi connectivity index (χ2n) is 8.87. The Hall–Kier alpha value is -2.97. The molecule has 3 aliphatic rings. The van der Waals surface area contributed by atoms with Crippen LogP contribution in [0.4, 0.5) is 5.82 Å². The van der Waals surface area contributed by atoms with Gasteiger partial charge < -0.3 is 19.9 Å². The molecule has 0 saturated carbocycles. The van der Waals surface area contributed by atoms with E-state index in [1.807, 2.05) is 39.9 Å². The molecule has 3 aromatic rings. The summed E-state index contributed by atoms with van der Waals surface area (Å²) in [6.45, 7) is 5.22. The van der Waals surface area contributed by atoms with Gasteiger partial charge in [0.05, 0.1) is 31.0 Å². The minimum atomic E-state index is -0.0442. The predicted octanol–water partition coefficient (Wildman–Crippen LogP) is 1.45. The average molecular weight is 433 g/mol. The standard InChI is InChI=1S/C24H28N6O2/c31-24(28-12-13-32-21(16-28)17-4-2-1-3-5-17)18-14-29(15-18)23-19-6-9-25-10-7-20(19)27-22-8-11-26-30(22)23/h1-5,8,11,18,21,25H,6-7,9-10,12-16H2. The number of hydrogen-bond acceptors (Lipinski definition) is 6. The summed E-state index contributed by atoms with van der Waals surface area (Å²) in [5.41, 5.74) is 4.45. The first-order valence-electron chi connectivity index (χ1n) is 11.5.